The number of hydrogen-bond donors (Lipinski definition) is 0. The molecule has 6 atom stereocenters. The highest BCUT2D eigenvalue weighted by atomic mass is 16.6. The second kappa shape index (κ2) is 4.48. The Kier molecular flexibility index (Phi) is 3.09. The zero-order valence-corrected chi connectivity index (χ0v) is 11.1. The van der Waals surface area contributed by atoms with Crippen molar-refractivity contribution >= 4 is 0 Å². The lowest BCUT2D eigenvalue weighted by Crippen LogP contribution is -2.53. The summed E-state index contributed by atoms with van der Waals surface area (Å²) in [5.41, 5.74) is -0.220. The first kappa shape index (κ1) is 12.4. The minimum atomic E-state index is -0.220. The smallest absolute Gasteiger partial charge is 0.223 e. The Hall–Kier alpha value is -0.630. The molecule has 0 saturated carbocycles. The normalized spacial score (nSPS) is 48.3. The van der Waals surface area contributed by atoms with E-state index in [1.165, 1.54) is 0 Å². The van der Waals surface area contributed by atoms with Gasteiger partial charge < -0.3 is 19.1 Å². The highest BCUT2D eigenvalue weighted by Gasteiger charge is 2.57. The van der Waals surface area contributed by atoms with Crippen molar-refractivity contribution in [3.05, 3.63) is 11.4 Å². The molecule has 0 unspecified atom stereocenters. The number of nitrogens with zero attached hydrogens (tertiary/aromatic N) is 1. The minimum absolute atomic E-state index is 0.0458. The molecule has 3 aliphatic heterocycles. The van der Waals surface area contributed by atoms with Gasteiger partial charge in [-0.2, -0.15) is 0 Å². The van der Waals surface area contributed by atoms with Crippen LogP contribution in [0.5, 0.6) is 0 Å². The molecule has 3 heterocycles. The molecule has 0 radical (unpaired) electrons. The van der Waals surface area contributed by atoms with E-state index in [1.807, 2.05) is 6.92 Å². The predicted molar refractivity (Wildman–Crippen MR) is 66.2 cm³/mol. The Morgan fingerprint density at radius 2 is 2.28 bits per heavy atom. The topological polar surface area (TPSA) is 32.0 Å². The summed E-state index contributed by atoms with van der Waals surface area (Å²) < 4.78 is 18.2. The molecule has 3 fully saturated rings. The standard InChI is InChI=1S/C14H21NO3/c1-9(15-3)6-11-4-5-13-14(18-11)7-12(17-13)10(2)16-8-14/h9-13H,4-8H2,1-2H3/t9-,10+,11-,12-,13+,14-/m1/s1. The third kappa shape index (κ3) is 1.95. The molecule has 4 heteroatoms. The number of rotatable bonds is 2. The Bertz CT molecular complexity index is 367. The van der Waals surface area contributed by atoms with Gasteiger partial charge in [-0.15, -0.1) is 0 Å². The average Bonchev–Trinajstić information content (AvgIpc) is 2.68. The molecule has 1 spiro atoms. The molecule has 0 aliphatic carbocycles. The fourth-order valence-corrected chi connectivity index (χ4v) is 3.48. The van der Waals surface area contributed by atoms with Gasteiger partial charge in [0.2, 0.25) is 6.04 Å². The summed E-state index contributed by atoms with van der Waals surface area (Å²) in [4.78, 5) is 3.57. The summed E-state index contributed by atoms with van der Waals surface area (Å²) in [5, 5.41) is 0. The van der Waals surface area contributed by atoms with Crippen molar-refractivity contribution in [1.29, 1.82) is 0 Å². The fraction of sp³-hybridized carbons (Fsp3) is 0.929. The Morgan fingerprint density at radius 3 is 3.06 bits per heavy atom. The van der Waals surface area contributed by atoms with Gasteiger partial charge >= 0.3 is 0 Å². The third-order valence-corrected chi connectivity index (χ3v) is 4.56. The molecule has 0 aromatic heterocycles. The van der Waals surface area contributed by atoms with E-state index >= 15 is 0 Å². The first-order chi connectivity index (χ1) is 8.63. The zero-order chi connectivity index (χ0) is 12.8. The summed E-state index contributed by atoms with van der Waals surface area (Å²) in [6, 6.07) is 0.0458. The van der Waals surface area contributed by atoms with E-state index in [0.717, 1.165) is 25.7 Å². The largest absolute Gasteiger partial charge is 0.373 e. The van der Waals surface area contributed by atoms with Crippen molar-refractivity contribution in [3.8, 4) is 0 Å². The lowest BCUT2D eigenvalue weighted by molar-refractivity contribution is -0.190. The van der Waals surface area contributed by atoms with Crippen LogP contribution in [0.25, 0.3) is 4.85 Å². The van der Waals surface area contributed by atoms with Gasteiger partial charge in [-0.3, -0.25) is 0 Å². The molecule has 0 aromatic rings. The first-order valence-electron chi connectivity index (χ1n) is 6.94. The second-order valence-corrected chi connectivity index (χ2v) is 5.98. The van der Waals surface area contributed by atoms with Crippen LogP contribution in [-0.2, 0) is 14.2 Å². The highest BCUT2D eigenvalue weighted by Crippen LogP contribution is 2.46. The number of ether oxygens (including phenoxy) is 3. The van der Waals surface area contributed by atoms with Gasteiger partial charge in [-0.1, -0.05) is 0 Å². The molecule has 2 bridgehead atoms. The van der Waals surface area contributed by atoms with E-state index in [4.69, 9.17) is 20.8 Å². The summed E-state index contributed by atoms with van der Waals surface area (Å²) in [7, 11) is 0. The third-order valence-electron chi connectivity index (χ3n) is 4.56. The predicted octanol–water partition coefficient (Wildman–Crippen LogP) is 2.18. The Balaban J connectivity index is 1.69. The highest BCUT2D eigenvalue weighted by molar-refractivity contribution is 5.05. The lowest BCUT2D eigenvalue weighted by Gasteiger charge is -2.43. The summed E-state index contributed by atoms with van der Waals surface area (Å²) in [6.07, 6.45) is 4.62. The van der Waals surface area contributed by atoms with E-state index in [0.29, 0.717) is 6.61 Å². The van der Waals surface area contributed by atoms with E-state index < -0.39 is 0 Å². The van der Waals surface area contributed by atoms with E-state index in [2.05, 4.69) is 11.8 Å². The van der Waals surface area contributed by atoms with Crippen LogP contribution in [0.15, 0.2) is 0 Å². The molecule has 0 amide bonds. The van der Waals surface area contributed by atoms with Crippen LogP contribution in [0.1, 0.15) is 39.5 Å². The van der Waals surface area contributed by atoms with Crippen LogP contribution in [0.4, 0.5) is 0 Å². The van der Waals surface area contributed by atoms with E-state index in [9.17, 15) is 0 Å². The van der Waals surface area contributed by atoms with Crippen LogP contribution < -0.4 is 0 Å². The minimum Gasteiger partial charge on any atom is -0.373 e. The van der Waals surface area contributed by atoms with Crippen LogP contribution >= 0.6 is 0 Å². The zero-order valence-electron chi connectivity index (χ0n) is 11.1. The van der Waals surface area contributed by atoms with Crippen LogP contribution in [-0.4, -0.2) is 42.7 Å². The molecule has 4 nitrogen and oxygen atoms in total. The molecule has 3 saturated heterocycles. The lowest BCUT2D eigenvalue weighted by atomic mass is 9.84. The van der Waals surface area contributed by atoms with Crippen molar-refractivity contribution in [1.82, 2.24) is 0 Å². The van der Waals surface area contributed by atoms with Gasteiger partial charge in [0.15, 0.2) is 0 Å². The molecule has 3 aliphatic rings. The molecular formula is C14H21NO3. The summed E-state index contributed by atoms with van der Waals surface area (Å²) >= 11 is 0. The second-order valence-electron chi connectivity index (χ2n) is 5.98. The van der Waals surface area contributed by atoms with Gasteiger partial charge in [0.05, 0.1) is 31.0 Å². The van der Waals surface area contributed by atoms with Crippen molar-refractivity contribution in [2.24, 2.45) is 0 Å². The van der Waals surface area contributed by atoms with E-state index in [-0.39, 0.29) is 36.1 Å². The van der Waals surface area contributed by atoms with Gasteiger partial charge in [-0.05, 0) is 19.8 Å². The summed E-state index contributed by atoms with van der Waals surface area (Å²) in [5.74, 6) is 0. The SMILES string of the molecule is [C-]#[N+][C@H](C)C[C@H]1CC[C@@H]2O[C@@H]3C[C@]2(CO[C@H]3C)O1. The molecule has 100 valence electrons. The average molecular weight is 251 g/mol. The Labute approximate surface area is 108 Å². The fourth-order valence-electron chi connectivity index (χ4n) is 3.48. The maximum Gasteiger partial charge on any atom is 0.223 e. The monoisotopic (exact) mass is 251 g/mol. The van der Waals surface area contributed by atoms with Crippen molar-refractivity contribution < 1.29 is 14.2 Å². The van der Waals surface area contributed by atoms with Crippen LogP contribution in [0, 0.1) is 6.57 Å². The van der Waals surface area contributed by atoms with Gasteiger partial charge in [0, 0.05) is 19.8 Å². The van der Waals surface area contributed by atoms with Crippen LogP contribution in [0.2, 0.25) is 0 Å². The molecular weight excluding hydrogens is 230 g/mol. The first-order valence-corrected chi connectivity index (χ1v) is 6.94. The van der Waals surface area contributed by atoms with Crippen molar-refractivity contribution in [2.75, 3.05) is 6.61 Å². The maximum absolute atomic E-state index is 7.06. The van der Waals surface area contributed by atoms with E-state index in [1.54, 1.807) is 0 Å². The van der Waals surface area contributed by atoms with Gasteiger partial charge in [0.25, 0.3) is 0 Å². The number of hydrogen-bond acceptors (Lipinski definition) is 3. The van der Waals surface area contributed by atoms with Crippen molar-refractivity contribution in [2.45, 2.75) is 75.6 Å². The van der Waals surface area contributed by atoms with Gasteiger partial charge in [0.1, 0.15) is 5.60 Å². The quantitative estimate of drug-likeness (QED) is 0.705. The molecule has 18 heavy (non-hydrogen) atoms. The summed E-state index contributed by atoms with van der Waals surface area (Å²) in [6.45, 7) is 11.8. The number of fused-ring (bicyclic) bond motifs is 1. The van der Waals surface area contributed by atoms with Crippen molar-refractivity contribution in [3.63, 3.8) is 0 Å². The van der Waals surface area contributed by atoms with Gasteiger partial charge in [-0.25, -0.2) is 6.57 Å². The maximum atomic E-state index is 7.06. The Morgan fingerprint density at radius 1 is 1.44 bits per heavy atom. The van der Waals surface area contributed by atoms with Crippen LogP contribution in [0.3, 0.4) is 0 Å². The molecule has 0 aromatic carbocycles. The molecule has 0 N–H and O–H groups in total. The molecule has 3 rings (SSSR count).